The molecule has 0 saturated carbocycles. The summed E-state index contributed by atoms with van der Waals surface area (Å²) in [5.74, 6) is 0.520. The van der Waals surface area contributed by atoms with E-state index in [1.807, 2.05) is 30.3 Å². The van der Waals surface area contributed by atoms with Gasteiger partial charge in [0.1, 0.15) is 0 Å². The van der Waals surface area contributed by atoms with E-state index < -0.39 is 0 Å². The van der Waals surface area contributed by atoms with Gasteiger partial charge in [-0.3, -0.25) is 0 Å². The van der Waals surface area contributed by atoms with Gasteiger partial charge in [0.15, 0.2) is 0 Å². The Morgan fingerprint density at radius 3 is 2.41 bits per heavy atom. The number of rotatable bonds is 3. The van der Waals surface area contributed by atoms with Crippen LogP contribution in [0.4, 0.5) is 5.69 Å². The van der Waals surface area contributed by atoms with Crippen molar-refractivity contribution in [2.45, 2.75) is 18.2 Å². The molecular weight excluding hydrogens is 248 g/mol. The molecule has 17 heavy (non-hydrogen) atoms. The fourth-order valence-corrected chi connectivity index (χ4v) is 3.99. The van der Waals surface area contributed by atoms with Gasteiger partial charge in [-0.25, -0.2) is 0 Å². The molecule has 0 aliphatic heterocycles. The summed E-state index contributed by atoms with van der Waals surface area (Å²) in [6.07, 6.45) is 5.09. The summed E-state index contributed by atoms with van der Waals surface area (Å²) in [4.78, 5) is 2.60. The zero-order chi connectivity index (χ0) is 12.3. The van der Waals surface area contributed by atoms with Crippen LogP contribution in [0.1, 0.15) is 13.3 Å². The fraction of sp³-hybridized carbons (Fsp3) is 0.231. The molecule has 4 N–H and O–H groups in total. The first-order valence-corrected chi connectivity index (χ1v) is 7.66. The molecule has 2 nitrogen and oxygen atoms in total. The second-order valence-electron chi connectivity index (χ2n) is 4.15. The first-order valence-electron chi connectivity index (χ1n) is 5.51. The SMILES string of the molecule is CC1CC(N)=CC=C1SSc1ccc(N)cc1. The number of benzene rings is 1. The highest BCUT2D eigenvalue weighted by Crippen LogP contribution is 2.42. The highest BCUT2D eigenvalue weighted by molar-refractivity contribution is 8.78. The van der Waals surface area contributed by atoms with Crippen molar-refractivity contribution in [1.29, 1.82) is 0 Å². The number of anilines is 1. The summed E-state index contributed by atoms with van der Waals surface area (Å²) in [6.45, 7) is 2.21. The van der Waals surface area contributed by atoms with Crippen LogP contribution in [-0.4, -0.2) is 0 Å². The lowest BCUT2D eigenvalue weighted by Crippen LogP contribution is -2.08. The highest BCUT2D eigenvalue weighted by atomic mass is 33.1. The third kappa shape index (κ3) is 3.48. The van der Waals surface area contributed by atoms with Gasteiger partial charge in [0, 0.05) is 16.3 Å². The Balaban J connectivity index is 1.96. The molecule has 0 spiro atoms. The van der Waals surface area contributed by atoms with Crippen molar-refractivity contribution < 1.29 is 0 Å². The summed E-state index contributed by atoms with van der Waals surface area (Å²) >= 11 is 0. The van der Waals surface area contributed by atoms with E-state index in [2.05, 4.69) is 13.0 Å². The van der Waals surface area contributed by atoms with Crippen molar-refractivity contribution in [3.05, 3.63) is 47.0 Å². The van der Waals surface area contributed by atoms with Crippen molar-refractivity contribution in [2.75, 3.05) is 5.73 Å². The molecular formula is C13H16N2S2. The van der Waals surface area contributed by atoms with Gasteiger partial charge in [-0.15, -0.1) is 0 Å². The van der Waals surface area contributed by atoms with Gasteiger partial charge in [0.25, 0.3) is 0 Å². The van der Waals surface area contributed by atoms with E-state index in [1.54, 1.807) is 21.6 Å². The molecule has 0 heterocycles. The predicted octanol–water partition coefficient (Wildman–Crippen LogP) is 3.78. The average Bonchev–Trinajstić information content (AvgIpc) is 2.30. The maximum absolute atomic E-state index is 5.80. The lowest BCUT2D eigenvalue weighted by atomic mass is 10.0. The van der Waals surface area contributed by atoms with E-state index in [1.165, 1.54) is 9.80 Å². The van der Waals surface area contributed by atoms with Gasteiger partial charge >= 0.3 is 0 Å². The molecule has 1 aromatic carbocycles. The predicted molar refractivity (Wildman–Crippen MR) is 78.4 cm³/mol. The average molecular weight is 264 g/mol. The number of allylic oxidation sites excluding steroid dienone is 4. The molecule has 4 heteroatoms. The van der Waals surface area contributed by atoms with E-state index in [4.69, 9.17) is 11.5 Å². The van der Waals surface area contributed by atoms with Crippen LogP contribution in [-0.2, 0) is 0 Å². The minimum absolute atomic E-state index is 0.520. The highest BCUT2D eigenvalue weighted by Gasteiger charge is 2.14. The van der Waals surface area contributed by atoms with Gasteiger partial charge in [0.05, 0.1) is 0 Å². The van der Waals surface area contributed by atoms with Crippen LogP contribution in [0.2, 0.25) is 0 Å². The largest absolute Gasteiger partial charge is 0.402 e. The molecule has 0 fully saturated rings. The summed E-state index contributed by atoms with van der Waals surface area (Å²) in [6, 6.07) is 7.95. The molecule has 0 aromatic heterocycles. The lowest BCUT2D eigenvalue weighted by Gasteiger charge is -2.18. The third-order valence-electron chi connectivity index (χ3n) is 2.60. The zero-order valence-electron chi connectivity index (χ0n) is 9.72. The lowest BCUT2D eigenvalue weighted by molar-refractivity contribution is 0.691. The molecule has 1 aromatic rings. The Morgan fingerprint density at radius 2 is 1.76 bits per heavy atom. The first-order chi connectivity index (χ1) is 8.15. The standard InChI is InChI=1S/C13H16N2S2/c1-9-8-11(15)4-7-13(9)17-16-12-5-2-10(14)3-6-12/h2-7,9H,8,14-15H2,1H3. The molecule has 0 bridgehead atoms. The molecule has 1 atom stereocenters. The van der Waals surface area contributed by atoms with Crippen molar-refractivity contribution in [3.8, 4) is 0 Å². The smallest absolute Gasteiger partial charge is 0.0314 e. The number of hydrogen-bond acceptors (Lipinski definition) is 4. The van der Waals surface area contributed by atoms with Crippen LogP contribution in [0, 0.1) is 5.92 Å². The van der Waals surface area contributed by atoms with Gasteiger partial charge in [-0.05, 0) is 53.7 Å². The van der Waals surface area contributed by atoms with Crippen LogP contribution in [0.25, 0.3) is 0 Å². The molecule has 2 rings (SSSR count). The topological polar surface area (TPSA) is 52.0 Å². The molecule has 90 valence electrons. The Hall–Kier alpha value is -1.00. The third-order valence-corrected chi connectivity index (χ3v) is 5.29. The number of hydrogen-bond donors (Lipinski definition) is 2. The number of nitrogens with two attached hydrogens (primary N) is 2. The van der Waals surface area contributed by atoms with Crippen molar-refractivity contribution in [2.24, 2.45) is 11.7 Å². The Kier molecular flexibility index (Phi) is 4.07. The van der Waals surface area contributed by atoms with E-state index in [0.717, 1.165) is 17.8 Å². The zero-order valence-corrected chi connectivity index (χ0v) is 11.4. The van der Waals surface area contributed by atoms with E-state index >= 15 is 0 Å². The van der Waals surface area contributed by atoms with Crippen LogP contribution in [0.3, 0.4) is 0 Å². The summed E-state index contributed by atoms with van der Waals surface area (Å²) in [5.41, 5.74) is 13.2. The Labute approximate surface area is 110 Å². The van der Waals surface area contributed by atoms with E-state index in [-0.39, 0.29) is 0 Å². The summed E-state index contributed by atoms with van der Waals surface area (Å²) in [7, 11) is 3.57. The van der Waals surface area contributed by atoms with Crippen molar-refractivity contribution >= 4 is 27.3 Å². The van der Waals surface area contributed by atoms with Crippen LogP contribution in [0.15, 0.2) is 51.9 Å². The molecule has 0 radical (unpaired) electrons. The quantitative estimate of drug-likeness (QED) is 0.644. The number of nitrogen functional groups attached to an aromatic ring is 1. The maximum atomic E-state index is 5.80. The van der Waals surface area contributed by atoms with E-state index in [0.29, 0.717) is 5.92 Å². The second-order valence-corrected chi connectivity index (χ2v) is 6.43. The minimum atomic E-state index is 0.520. The first kappa shape index (κ1) is 12.5. The molecule has 1 aliphatic carbocycles. The monoisotopic (exact) mass is 264 g/mol. The van der Waals surface area contributed by atoms with Gasteiger partial charge in [0.2, 0.25) is 0 Å². The van der Waals surface area contributed by atoms with Crippen LogP contribution in [0.5, 0.6) is 0 Å². The molecule has 1 unspecified atom stereocenters. The fourth-order valence-electron chi connectivity index (χ4n) is 1.61. The van der Waals surface area contributed by atoms with Crippen LogP contribution < -0.4 is 11.5 Å². The molecule has 0 amide bonds. The normalized spacial score (nSPS) is 19.7. The summed E-state index contributed by atoms with van der Waals surface area (Å²) < 4.78 is 0. The minimum Gasteiger partial charge on any atom is -0.402 e. The summed E-state index contributed by atoms with van der Waals surface area (Å²) in [5, 5.41) is 0. The second kappa shape index (κ2) is 5.56. The molecule has 0 saturated heterocycles. The van der Waals surface area contributed by atoms with Gasteiger partial charge in [-0.2, -0.15) is 0 Å². The van der Waals surface area contributed by atoms with Crippen molar-refractivity contribution in [1.82, 2.24) is 0 Å². The Morgan fingerprint density at radius 1 is 1.06 bits per heavy atom. The van der Waals surface area contributed by atoms with Gasteiger partial charge in [-0.1, -0.05) is 28.5 Å². The van der Waals surface area contributed by atoms with E-state index in [9.17, 15) is 0 Å². The molecule has 1 aliphatic rings. The van der Waals surface area contributed by atoms with Gasteiger partial charge < -0.3 is 11.5 Å². The van der Waals surface area contributed by atoms with Crippen molar-refractivity contribution in [3.63, 3.8) is 0 Å². The Bertz CT molecular complexity index is 449. The van der Waals surface area contributed by atoms with Crippen LogP contribution >= 0.6 is 21.6 Å². The maximum Gasteiger partial charge on any atom is 0.0314 e.